The third-order valence-corrected chi connectivity index (χ3v) is 3.64. The fraction of sp³-hybridized carbons (Fsp3) is 0.643. The summed E-state index contributed by atoms with van der Waals surface area (Å²) in [5.41, 5.74) is 2.85. The molecule has 0 radical (unpaired) electrons. The highest BCUT2D eigenvalue weighted by Crippen LogP contribution is 2.32. The second kappa shape index (κ2) is 4.78. The first-order valence-electron chi connectivity index (χ1n) is 6.24. The van der Waals surface area contributed by atoms with Crippen LogP contribution in [0.1, 0.15) is 69.0 Å². The first-order chi connectivity index (χ1) is 7.29. The van der Waals surface area contributed by atoms with Gasteiger partial charge in [-0.25, -0.2) is 0 Å². The number of rotatable bonds is 0. The number of hydrogen-bond donors (Lipinski definition) is 0. The number of aromatic nitrogens is 1. The van der Waals surface area contributed by atoms with Crippen molar-refractivity contribution in [2.75, 3.05) is 0 Å². The van der Waals surface area contributed by atoms with E-state index in [9.17, 15) is 0 Å². The molecular weight excluding hydrogens is 182 g/mol. The minimum absolute atomic E-state index is 0.641. The molecule has 1 heterocycles. The van der Waals surface area contributed by atoms with E-state index < -0.39 is 0 Å². The van der Waals surface area contributed by atoms with E-state index in [1.165, 1.54) is 43.4 Å². The largest absolute Gasteiger partial charge is 0.261 e. The summed E-state index contributed by atoms with van der Waals surface area (Å²) in [6.07, 6.45) is 8.71. The molecule has 0 saturated carbocycles. The molecule has 2 rings (SSSR count). The van der Waals surface area contributed by atoms with Crippen molar-refractivity contribution in [2.24, 2.45) is 0 Å². The monoisotopic (exact) mass is 203 g/mol. The molecule has 0 fully saturated rings. The molecule has 0 bridgehead atoms. The van der Waals surface area contributed by atoms with Crippen LogP contribution in [-0.4, -0.2) is 4.98 Å². The molecule has 1 aliphatic carbocycles. The third kappa shape index (κ3) is 2.39. The van der Waals surface area contributed by atoms with Crippen LogP contribution in [0.4, 0.5) is 0 Å². The molecule has 2 unspecified atom stereocenters. The standard InChI is InChI=1S/C14H21N/c1-11-7-4-3-5-8-12(2)14-13(11)9-6-10-15-14/h6,9-12H,3-5,7-8H2,1-2H3. The van der Waals surface area contributed by atoms with Crippen molar-refractivity contribution in [1.82, 2.24) is 4.98 Å². The molecular formula is C14H21N. The normalized spacial score (nSPS) is 27.3. The van der Waals surface area contributed by atoms with Gasteiger partial charge >= 0.3 is 0 Å². The zero-order chi connectivity index (χ0) is 10.7. The van der Waals surface area contributed by atoms with E-state index in [4.69, 9.17) is 0 Å². The average molecular weight is 203 g/mol. The topological polar surface area (TPSA) is 12.9 Å². The van der Waals surface area contributed by atoms with Gasteiger partial charge in [0.1, 0.15) is 0 Å². The van der Waals surface area contributed by atoms with E-state index in [1.807, 2.05) is 6.20 Å². The molecule has 0 aromatic carbocycles. The predicted molar refractivity (Wildman–Crippen MR) is 64.2 cm³/mol. The van der Waals surface area contributed by atoms with Crippen molar-refractivity contribution in [3.63, 3.8) is 0 Å². The van der Waals surface area contributed by atoms with Gasteiger partial charge in [-0.1, -0.05) is 39.2 Å². The summed E-state index contributed by atoms with van der Waals surface area (Å²) in [7, 11) is 0. The quantitative estimate of drug-likeness (QED) is 0.614. The van der Waals surface area contributed by atoms with Crippen molar-refractivity contribution in [1.29, 1.82) is 0 Å². The van der Waals surface area contributed by atoms with Gasteiger partial charge in [0.15, 0.2) is 0 Å². The lowest BCUT2D eigenvalue weighted by Crippen LogP contribution is -2.04. The molecule has 1 aromatic heterocycles. The molecule has 1 aromatic rings. The van der Waals surface area contributed by atoms with Crippen LogP contribution in [0.2, 0.25) is 0 Å². The van der Waals surface area contributed by atoms with Crippen molar-refractivity contribution in [3.05, 3.63) is 29.6 Å². The summed E-state index contributed by atoms with van der Waals surface area (Å²) in [4.78, 5) is 4.59. The SMILES string of the molecule is CC1CCCCCC(C)c2ncccc21. The Morgan fingerprint density at radius 2 is 1.80 bits per heavy atom. The van der Waals surface area contributed by atoms with Crippen LogP contribution >= 0.6 is 0 Å². The lowest BCUT2D eigenvalue weighted by molar-refractivity contribution is 0.567. The van der Waals surface area contributed by atoms with Crippen LogP contribution in [0.25, 0.3) is 0 Å². The summed E-state index contributed by atoms with van der Waals surface area (Å²) in [5, 5.41) is 0. The fourth-order valence-corrected chi connectivity index (χ4v) is 2.63. The van der Waals surface area contributed by atoms with Crippen molar-refractivity contribution in [3.8, 4) is 0 Å². The number of hydrogen-bond acceptors (Lipinski definition) is 1. The molecule has 0 spiro atoms. The summed E-state index contributed by atoms with van der Waals surface area (Å²) in [6.45, 7) is 4.67. The van der Waals surface area contributed by atoms with Crippen LogP contribution < -0.4 is 0 Å². The number of fused-ring (bicyclic) bond motifs is 1. The van der Waals surface area contributed by atoms with E-state index in [0.717, 1.165) is 0 Å². The van der Waals surface area contributed by atoms with Crippen molar-refractivity contribution < 1.29 is 0 Å². The van der Waals surface area contributed by atoms with Crippen LogP contribution in [0.5, 0.6) is 0 Å². The van der Waals surface area contributed by atoms with Gasteiger partial charge in [-0.3, -0.25) is 4.98 Å². The predicted octanol–water partition coefficient (Wildman–Crippen LogP) is 4.25. The smallest absolute Gasteiger partial charge is 0.0466 e. The maximum atomic E-state index is 4.59. The average Bonchev–Trinajstić information content (AvgIpc) is 2.33. The van der Waals surface area contributed by atoms with Gasteiger partial charge < -0.3 is 0 Å². The number of nitrogens with zero attached hydrogens (tertiary/aromatic N) is 1. The lowest BCUT2D eigenvalue weighted by Gasteiger charge is -2.17. The van der Waals surface area contributed by atoms with Crippen molar-refractivity contribution in [2.45, 2.75) is 57.8 Å². The Labute approximate surface area is 92.9 Å². The Morgan fingerprint density at radius 1 is 1.07 bits per heavy atom. The highest BCUT2D eigenvalue weighted by molar-refractivity contribution is 5.26. The molecule has 0 amide bonds. The zero-order valence-electron chi connectivity index (χ0n) is 9.87. The summed E-state index contributed by atoms with van der Waals surface area (Å²) >= 11 is 0. The molecule has 2 atom stereocenters. The maximum Gasteiger partial charge on any atom is 0.0466 e. The molecule has 1 aliphatic rings. The Morgan fingerprint density at radius 3 is 2.60 bits per heavy atom. The molecule has 1 nitrogen and oxygen atoms in total. The van der Waals surface area contributed by atoms with Crippen molar-refractivity contribution >= 4 is 0 Å². The van der Waals surface area contributed by atoms with E-state index in [-0.39, 0.29) is 0 Å². The van der Waals surface area contributed by atoms with Gasteiger partial charge in [0.05, 0.1) is 0 Å². The number of pyridine rings is 1. The lowest BCUT2D eigenvalue weighted by atomic mass is 9.91. The van der Waals surface area contributed by atoms with E-state index in [1.54, 1.807) is 0 Å². The Bertz CT molecular complexity index is 288. The first kappa shape index (κ1) is 10.7. The highest BCUT2D eigenvalue weighted by Gasteiger charge is 2.17. The zero-order valence-corrected chi connectivity index (χ0v) is 9.87. The van der Waals surface area contributed by atoms with Gasteiger partial charge in [0.2, 0.25) is 0 Å². The Balaban J connectivity index is 2.34. The summed E-state index contributed by atoms with van der Waals surface area (Å²) in [5.74, 6) is 1.33. The summed E-state index contributed by atoms with van der Waals surface area (Å²) in [6, 6.07) is 4.36. The Hall–Kier alpha value is -0.850. The molecule has 0 aliphatic heterocycles. The molecule has 1 heteroatoms. The second-order valence-electron chi connectivity index (χ2n) is 4.92. The Kier molecular flexibility index (Phi) is 3.40. The minimum Gasteiger partial charge on any atom is -0.261 e. The van der Waals surface area contributed by atoms with Crippen LogP contribution in [0.3, 0.4) is 0 Å². The van der Waals surface area contributed by atoms with E-state index in [0.29, 0.717) is 11.8 Å². The van der Waals surface area contributed by atoms with Crippen LogP contribution in [0.15, 0.2) is 18.3 Å². The fourth-order valence-electron chi connectivity index (χ4n) is 2.63. The maximum absolute atomic E-state index is 4.59. The van der Waals surface area contributed by atoms with Gasteiger partial charge in [0, 0.05) is 11.9 Å². The van der Waals surface area contributed by atoms with Gasteiger partial charge in [-0.15, -0.1) is 0 Å². The minimum atomic E-state index is 0.641. The highest BCUT2D eigenvalue weighted by atomic mass is 14.7. The first-order valence-corrected chi connectivity index (χ1v) is 6.24. The second-order valence-corrected chi connectivity index (χ2v) is 4.92. The van der Waals surface area contributed by atoms with Crippen LogP contribution in [0, 0.1) is 0 Å². The van der Waals surface area contributed by atoms with Crippen LogP contribution in [-0.2, 0) is 0 Å². The van der Waals surface area contributed by atoms with Gasteiger partial charge in [-0.05, 0) is 36.3 Å². The van der Waals surface area contributed by atoms with E-state index >= 15 is 0 Å². The molecule has 0 N–H and O–H groups in total. The summed E-state index contributed by atoms with van der Waals surface area (Å²) < 4.78 is 0. The molecule has 0 saturated heterocycles. The molecule has 15 heavy (non-hydrogen) atoms. The van der Waals surface area contributed by atoms with E-state index in [2.05, 4.69) is 31.0 Å². The van der Waals surface area contributed by atoms with Gasteiger partial charge in [0.25, 0.3) is 0 Å². The molecule has 82 valence electrons. The van der Waals surface area contributed by atoms with Gasteiger partial charge in [-0.2, -0.15) is 0 Å². The third-order valence-electron chi connectivity index (χ3n) is 3.64.